The summed E-state index contributed by atoms with van der Waals surface area (Å²) >= 11 is 0. The fourth-order valence-electron chi connectivity index (χ4n) is 10.7. The number of hydrogen-bond acceptors (Lipinski definition) is 4. The molecule has 0 N–H and O–H groups in total. The van der Waals surface area contributed by atoms with E-state index in [4.69, 9.17) is 0 Å². The van der Waals surface area contributed by atoms with Gasteiger partial charge in [-0.2, -0.15) is 0 Å². The van der Waals surface area contributed by atoms with Gasteiger partial charge in [-0.25, -0.2) is 0 Å². The van der Waals surface area contributed by atoms with E-state index in [0.29, 0.717) is 0 Å². The molecule has 4 heterocycles. The fraction of sp³-hybridized carbons (Fsp3) is 0.0175. The molecule has 13 rings (SSSR count). The van der Waals surface area contributed by atoms with Crippen LogP contribution < -0.4 is 52.4 Å². The number of para-hydroxylation sites is 6. The molecule has 0 atom stereocenters. The van der Waals surface area contributed by atoms with Gasteiger partial charge >= 0.3 is 0 Å². The molecule has 0 spiro atoms. The lowest BCUT2D eigenvalue weighted by molar-refractivity contribution is 1.23. The fourth-order valence-corrected chi connectivity index (χ4v) is 10.7. The van der Waals surface area contributed by atoms with Gasteiger partial charge in [0.05, 0.1) is 0 Å². The first-order valence-electron chi connectivity index (χ1n) is 21.6. The molecule has 0 aromatic heterocycles. The predicted octanol–water partition coefficient (Wildman–Crippen LogP) is 10.5. The maximum atomic E-state index is 4.60. The summed E-state index contributed by atoms with van der Waals surface area (Å²) < 4.78 is 0. The number of terminal acetylenes is 1. The van der Waals surface area contributed by atoms with Crippen LogP contribution in [0.15, 0.2) is 218 Å². The van der Waals surface area contributed by atoms with E-state index in [9.17, 15) is 0 Å². The zero-order valence-electron chi connectivity index (χ0n) is 34.8. The van der Waals surface area contributed by atoms with Crippen molar-refractivity contribution in [3.05, 3.63) is 218 Å². The second kappa shape index (κ2) is 14.8. The van der Waals surface area contributed by atoms with Crippen molar-refractivity contribution < 1.29 is 0 Å². The van der Waals surface area contributed by atoms with Crippen molar-refractivity contribution in [1.82, 2.24) is 0 Å². The van der Waals surface area contributed by atoms with E-state index in [0.717, 1.165) is 22.7 Å². The number of anilines is 12. The summed E-state index contributed by atoms with van der Waals surface area (Å²) in [4.78, 5) is 9.96. The molecule has 0 aliphatic carbocycles. The van der Waals surface area contributed by atoms with Crippen molar-refractivity contribution >= 4 is 114 Å². The third kappa shape index (κ3) is 5.53. The summed E-state index contributed by atoms with van der Waals surface area (Å²) in [5.41, 5.74) is 22.2. The molecule has 0 fully saturated rings. The Labute approximate surface area is 370 Å². The van der Waals surface area contributed by atoms with Crippen molar-refractivity contribution in [3.8, 4) is 12.3 Å². The maximum Gasteiger partial charge on any atom is 0.252 e. The molecule has 9 aromatic carbocycles. The largest absolute Gasteiger partial charge is 0.311 e. The van der Waals surface area contributed by atoms with Crippen LogP contribution in [-0.4, -0.2) is 13.4 Å². The number of hydrogen-bond donors (Lipinski definition) is 0. The number of fused-ring (bicyclic) bond motifs is 8. The monoisotopic (exact) mass is 802 g/mol. The van der Waals surface area contributed by atoms with Crippen molar-refractivity contribution in [2.75, 3.05) is 19.6 Å². The summed E-state index contributed by atoms with van der Waals surface area (Å²) in [6.07, 6.45) is 4.60. The first kappa shape index (κ1) is 36.7. The van der Waals surface area contributed by atoms with Crippen molar-refractivity contribution in [2.24, 2.45) is 0 Å². The lowest BCUT2D eigenvalue weighted by atomic mass is 9.30. The highest BCUT2D eigenvalue weighted by Gasteiger charge is 2.47. The molecule has 4 aliphatic rings. The zero-order chi connectivity index (χ0) is 42.0. The average Bonchev–Trinajstić information content (AvgIpc) is 3.34. The Morgan fingerprint density at radius 2 is 0.571 bits per heavy atom. The van der Waals surface area contributed by atoms with Crippen LogP contribution in [0.3, 0.4) is 0 Å². The molecule has 4 nitrogen and oxygen atoms in total. The standard InChI is InChI=1S/C54H36B2N4.C3H4/c1-5-19-37(20-6-1)57-45-29-15-13-27-41(45)55-43-35-44-52(36-51(43)59(39-23-9-3-10-24-39)49-33-17-31-47(57)53(49)55)60(40-25-11-4-12-26-40)50-34-18-32-48-54(50)56(44)42-28-14-16-30-46(42)58(48)38-21-7-2-8-22-38;1-3-2/h1-36H;1H,2H3. The average molecular weight is 803 g/mol. The third-order valence-corrected chi connectivity index (χ3v) is 13.0. The highest BCUT2D eigenvalue weighted by atomic mass is 15.2. The summed E-state index contributed by atoms with van der Waals surface area (Å²) in [6, 6.07) is 80.5. The smallest absolute Gasteiger partial charge is 0.252 e. The zero-order valence-corrected chi connectivity index (χ0v) is 34.8. The van der Waals surface area contributed by atoms with Crippen LogP contribution in [0.4, 0.5) is 68.2 Å². The highest BCUT2D eigenvalue weighted by Crippen LogP contribution is 2.48. The van der Waals surface area contributed by atoms with Crippen molar-refractivity contribution in [1.29, 1.82) is 0 Å². The Bertz CT molecular complexity index is 3030. The van der Waals surface area contributed by atoms with E-state index in [-0.39, 0.29) is 13.4 Å². The number of nitrogens with zero attached hydrogens (tertiary/aromatic N) is 4. The van der Waals surface area contributed by atoms with Crippen LogP contribution in [0.2, 0.25) is 0 Å². The molecule has 294 valence electrons. The molecule has 0 amide bonds. The number of benzene rings is 9. The van der Waals surface area contributed by atoms with E-state index in [1.54, 1.807) is 6.92 Å². The molecular weight excluding hydrogens is 762 g/mol. The minimum Gasteiger partial charge on any atom is -0.311 e. The Morgan fingerprint density at radius 3 is 0.905 bits per heavy atom. The quantitative estimate of drug-likeness (QED) is 0.130. The molecule has 4 aliphatic heterocycles. The van der Waals surface area contributed by atoms with Crippen molar-refractivity contribution in [2.45, 2.75) is 6.92 Å². The van der Waals surface area contributed by atoms with E-state index < -0.39 is 0 Å². The summed E-state index contributed by atoms with van der Waals surface area (Å²) in [5.74, 6) is 2.25. The van der Waals surface area contributed by atoms with Crippen LogP contribution in [0.25, 0.3) is 0 Å². The summed E-state index contributed by atoms with van der Waals surface area (Å²) in [5, 5.41) is 0. The molecular formula is C57H40B2N4. The molecule has 0 saturated heterocycles. The van der Waals surface area contributed by atoms with Gasteiger partial charge in [0.1, 0.15) is 0 Å². The van der Waals surface area contributed by atoms with Crippen LogP contribution in [0, 0.1) is 12.3 Å². The van der Waals surface area contributed by atoms with Crippen LogP contribution in [0.5, 0.6) is 0 Å². The van der Waals surface area contributed by atoms with Gasteiger partial charge in [0.15, 0.2) is 0 Å². The minimum absolute atomic E-state index is 0.00842. The van der Waals surface area contributed by atoms with Gasteiger partial charge in [-0.15, -0.1) is 12.3 Å². The van der Waals surface area contributed by atoms with Gasteiger partial charge in [0, 0.05) is 68.2 Å². The normalized spacial score (nSPS) is 13.3. The Kier molecular flexibility index (Phi) is 8.62. The first-order valence-corrected chi connectivity index (χ1v) is 21.6. The molecule has 0 saturated carbocycles. The predicted molar refractivity (Wildman–Crippen MR) is 269 cm³/mol. The minimum atomic E-state index is 0.00842. The van der Waals surface area contributed by atoms with Gasteiger partial charge < -0.3 is 19.6 Å². The Morgan fingerprint density at radius 1 is 0.302 bits per heavy atom. The summed E-state index contributed by atoms with van der Waals surface area (Å²) in [7, 11) is 0. The Balaban J connectivity index is 0.00000137. The van der Waals surface area contributed by atoms with E-state index in [1.807, 2.05) is 0 Å². The molecule has 0 bridgehead atoms. The maximum absolute atomic E-state index is 4.60. The van der Waals surface area contributed by atoms with Crippen molar-refractivity contribution in [3.63, 3.8) is 0 Å². The van der Waals surface area contributed by atoms with Gasteiger partial charge in [-0.05, 0) is 131 Å². The highest BCUT2D eigenvalue weighted by molar-refractivity contribution is 7.03. The SMILES string of the molecule is C#CC.c1ccc(N2c3ccccc3B3c4cc5c(cc4N(c4ccccc4)c4cccc2c43)N(c2ccccc2)c2cccc3c2B5c2ccccc2N3c2ccccc2)cc1. The van der Waals surface area contributed by atoms with E-state index >= 15 is 0 Å². The van der Waals surface area contributed by atoms with Crippen LogP contribution in [0.1, 0.15) is 6.92 Å². The lowest BCUT2D eigenvalue weighted by Crippen LogP contribution is -2.65. The van der Waals surface area contributed by atoms with Crippen LogP contribution >= 0.6 is 0 Å². The first-order chi connectivity index (χ1) is 31.2. The van der Waals surface area contributed by atoms with Gasteiger partial charge in [0.25, 0.3) is 13.4 Å². The number of rotatable bonds is 4. The topological polar surface area (TPSA) is 13.0 Å². The van der Waals surface area contributed by atoms with Gasteiger partial charge in [-0.3, -0.25) is 0 Å². The molecule has 9 aromatic rings. The molecule has 6 heteroatoms. The third-order valence-electron chi connectivity index (χ3n) is 13.0. The molecule has 0 radical (unpaired) electrons. The lowest BCUT2D eigenvalue weighted by Gasteiger charge is -2.47. The summed E-state index contributed by atoms with van der Waals surface area (Å²) in [6.45, 7) is 1.67. The van der Waals surface area contributed by atoms with Crippen LogP contribution in [-0.2, 0) is 0 Å². The van der Waals surface area contributed by atoms with E-state index in [1.165, 1.54) is 78.3 Å². The molecule has 63 heavy (non-hydrogen) atoms. The van der Waals surface area contributed by atoms with E-state index in [2.05, 4.69) is 250 Å². The molecule has 0 unspecified atom stereocenters. The second-order valence-corrected chi connectivity index (χ2v) is 16.3. The van der Waals surface area contributed by atoms with Gasteiger partial charge in [0.2, 0.25) is 0 Å². The Hall–Kier alpha value is -8.13. The second-order valence-electron chi connectivity index (χ2n) is 16.3. The van der Waals surface area contributed by atoms with Gasteiger partial charge in [-0.1, -0.05) is 127 Å².